The summed E-state index contributed by atoms with van der Waals surface area (Å²) >= 11 is 6.31. The number of thioether (sulfide) groups is 1. The summed E-state index contributed by atoms with van der Waals surface area (Å²) in [5, 5.41) is 22.6. The molecule has 1 amide bonds. The van der Waals surface area contributed by atoms with Crippen LogP contribution >= 0.6 is 39.0 Å². The SMILES string of the molecule is CCn1c(SCC(=O)Nc2sc3c(c2C#N)CCCCC3)nnc1C(C)Oc1ccc(Br)cc1. The van der Waals surface area contributed by atoms with Crippen molar-refractivity contribution in [1.29, 1.82) is 5.26 Å². The third-order valence-corrected chi connectivity index (χ3v) is 8.37. The van der Waals surface area contributed by atoms with Gasteiger partial charge in [-0.25, -0.2) is 0 Å². The molecular formula is C24H26BrN5O2S2. The maximum atomic E-state index is 12.7. The Balaban J connectivity index is 1.40. The topological polar surface area (TPSA) is 92.8 Å². The summed E-state index contributed by atoms with van der Waals surface area (Å²) in [4.78, 5) is 14.0. The molecule has 0 aliphatic heterocycles. The lowest BCUT2D eigenvalue weighted by molar-refractivity contribution is -0.113. The molecule has 2 heterocycles. The van der Waals surface area contributed by atoms with Gasteiger partial charge in [-0.3, -0.25) is 4.79 Å². The third-order valence-electron chi connectivity index (χ3n) is 5.67. The highest BCUT2D eigenvalue weighted by molar-refractivity contribution is 9.10. The van der Waals surface area contributed by atoms with E-state index in [1.807, 2.05) is 42.7 Å². The highest BCUT2D eigenvalue weighted by Crippen LogP contribution is 2.37. The van der Waals surface area contributed by atoms with Gasteiger partial charge in [-0.05, 0) is 69.4 Å². The molecule has 10 heteroatoms. The van der Waals surface area contributed by atoms with Gasteiger partial charge < -0.3 is 14.6 Å². The second-order valence-electron chi connectivity index (χ2n) is 8.02. The summed E-state index contributed by atoms with van der Waals surface area (Å²) < 4.78 is 8.98. The van der Waals surface area contributed by atoms with E-state index in [0.717, 1.165) is 41.5 Å². The minimum absolute atomic E-state index is 0.149. The number of hydrogen-bond acceptors (Lipinski definition) is 7. The van der Waals surface area contributed by atoms with Crippen LogP contribution in [0.25, 0.3) is 0 Å². The van der Waals surface area contributed by atoms with Crippen LogP contribution < -0.4 is 10.1 Å². The van der Waals surface area contributed by atoms with E-state index in [9.17, 15) is 10.1 Å². The largest absolute Gasteiger partial charge is 0.483 e. The Kier molecular flexibility index (Phi) is 8.29. The van der Waals surface area contributed by atoms with E-state index in [-0.39, 0.29) is 17.8 Å². The number of aromatic nitrogens is 3. The molecule has 0 saturated carbocycles. The van der Waals surface area contributed by atoms with Crippen LogP contribution in [0.4, 0.5) is 5.00 Å². The number of thiophene rings is 1. The number of nitrogens with one attached hydrogen (secondary N) is 1. The van der Waals surface area contributed by atoms with Crippen molar-refractivity contribution in [1.82, 2.24) is 14.8 Å². The number of nitriles is 1. The molecule has 0 bridgehead atoms. The summed E-state index contributed by atoms with van der Waals surface area (Å²) in [6.07, 6.45) is 5.04. The van der Waals surface area contributed by atoms with Crippen molar-refractivity contribution in [2.24, 2.45) is 0 Å². The fourth-order valence-corrected chi connectivity index (χ4v) is 6.35. The molecule has 7 nitrogen and oxygen atoms in total. The zero-order valence-electron chi connectivity index (χ0n) is 19.1. The van der Waals surface area contributed by atoms with Crippen molar-refractivity contribution in [3.05, 3.63) is 50.6 Å². The Labute approximate surface area is 216 Å². The Morgan fingerprint density at radius 2 is 2.06 bits per heavy atom. The molecule has 34 heavy (non-hydrogen) atoms. The second kappa shape index (κ2) is 11.4. The first kappa shape index (κ1) is 24.8. The van der Waals surface area contributed by atoms with Crippen molar-refractivity contribution in [3.8, 4) is 11.8 Å². The summed E-state index contributed by atoms with van der Waals surface area (Å²) in [7, 11) is 0. The van der Waals surface area contributed by atoms with Gasteiger partial charge in [-0.2, -0.15) is 5.26 Å². The van der Waals surface area contributed by atoms with Crippen LogP contribution in [0.5, 0.6) is 5.75 Å². The number of fused-ring (bicyclic) bond motifs is 1. The molecule has 178 valence electrons. The molecule has 1 aromatic carbocycles. The summed E-state index contributed by atoms with van der Waals surface area (Å²) in [5.41, 5.74) is 1.77. The smallest absolute Gasteiger partial charge is 0.235 e. The molecule has 1 atom stereocenters. The average Bonchev–Trinajstić information content (AvgIpc) is 3.31. The number of hydrogen-bond donors (Lipinski definition) is 1. The van der Waals surface area contributed by atoms with Crippen molar-refractivity contribution < 1.29 is 9.53 Å². The number of ether oxygens (including phenoxy) is 1. The molecule has 0 spiro atoms. The average molecular weight is 561 g/mol. The zero-order valence-corrected chi connectivity index (χ0v) is 22.4. The number of benzene rings is 1. The number of amides is 1. The minimum Gasteiger partial charge on any atom is -0.483 e. The first-order chi connectivity index (χ1) is 16.5. The van der Waals surface area contributed by atoms with E-state index in [0.29, 0.717) is 28.1 Å². The molecule has 0 radical (unpaired) electrons. The van der Waals surface area contributed by atoms with Gasteiger partial charge in [0, 0.05) is 15.9 Å². The van der Waals surface area contributed by atoms with Gasteiger partial charge in [0.15, 0.2) is 17.1 Å². The molecule has 2 aromatic heterocycles. The van der Waals surface area contributed by atoms with Crippen molar-refractivity contribution in [2.45, 2.75) is 63.8 Å². The van der Waals surface area contributed by atoms with E-state index in [1.54, 1.807) is 11.3 Å². The van der Waals surface area contributed by atoms with E-state index in [1.165, 1.54) is 23.1 Å². The number of halogens is 1. The predicted molar refractivity (Wildman–Crippen MR) is 139 cm³/mol. The summed E-state index contributed by atoms with van der Waals surface area (Å²) in [6, 6.07) is 9.96. The van der Waals surface area contributed by atoms with Crippen molar-refractivity contribution >= 4 is 49.9 Å². The number of carbonyl (C=O) groups is 1. The van der Waals surface area contributed by atoms with Gasteiger partial charge in [0.25, 0.3) is 0 Å². The van der Waals surface area contributed by atoms with Crippen LogP contribution in [0.1, 0.15) is 61.0 Å². The number of nitrogens with zero attached hydrogens (tertiary/aromatic N) is 4. The van der Waals surface area contributed by atoms with Gasteiger partial charge in [-0.1, -0.05) is 34.1 Å². The van der Waals surface area contributed by atoms with Crippen LogP contribution in [-0.4, -0.2) is 26.4 Å². The number of anilines is 1. The molecule has 1 unspecified atom stereocenters. The minimum atomic E-state index is -0.295. The van der Waals surface area contributed by atoms with E-state index < -0.39 is 0 Å². The van der Waals surface area contributed by atoms with Crippen LogP contribution in [0, 0.1) is 11.3 Å². The second-order valence-corrected chi connectivity index (χ2v) is 11.0. The molecule has 1 aliphatic rings. The molecule has 4 rings (SSSR count). The van der Waals surface area contributed by atoms with E-state index in [4.69, 9.17) is 4.74 Å². The molecule has 3 aromatic rings. The standard InChI is InChI=1S/C24H26BrN5O2S2/c1-3-30-22(15(2)32-17-11-9-16(25)10-12-17)28-29-24(30)33-14-21(31)27-23-19(13-26)18-7-5-4-6-8-20(18)34-23/h9-12,15H,3-8,14H2,1-2H3,(H,27,31). The van der Waals surface area contributed by atoms with Gasteiger partial charge in [0.05, 0.1) is 11.3 Å². The number of aryl methyl sites for hydroxylation is 1. The molecule has 0 saturated heterocycles. The van der Waals surface area contributed by atoms with Gasteiger partial charge >= 0.3 is 0 Å². The maximum Gasteiger partial charge on any atom is 0.235 e. The fourth-order valence-electron chi connectivity index (χ4n) is 4.02. The first-order valence-corrected chi connectivity index (χ1v) is 13.9. The summed E-state index contributed by atoms with van der Waals surface area (Å²) in [5.74, 6) is 1.50. The van der Waals surface area contributed by atoms with Crippen LogP contribution in [0.2, 0.25) is 0 Å². The highest BCUT2D eigenvalue weighted by atomic mass is 79.9. The molecule has 1 N–H and O–H groups in total. The first-order valence-electron chi connectivity index (χ1n) is 11.3. The Bertz CT molecular complexity index is 1200. The van der Waals surface area contributed by atoms with Crippen LogP contribution in [0.15, 0.2) is 33.9 Å². The van der Waals surface area contributed by atoms with E-state index >= 15 is 0 Å². The van der Waals surface area contributed by atoms with Crippen LogP contribution in [-0.2, 0) is 24.2 Å². The molecule has 1 aliphatic carbocycles. The quantitative estimate of drug-likeness (QED) is 0.263. The number of carbonyl (C=O) groups excluding carboxylic acids is 1. The Hall–Kier alpha value is -2.35. The molecule has 0 fully saturated rings. The predicted octanol–water partition coefficient (Wildman–Crippen LogP) is 6.13. The van der Waals surface area contributed by atoms with E-state index in [2.05, 4.69) is 37.5 Å². The number of rotatable bonds is 8. The summed E-state index contributed by atoms with van der Waals surface area (Å²) in [6.45, 7) is 4.61. The normalized spacial score (nSPS) is 14.1. The lowest BCUT2D eigenvalue weighted by atomic mass is 10.1. The Morgan fingerprint density at radius 3 is 2.79 bits per heavy atom. The molecular weight excluding hydrogens is 534 g/mol. The lowest BCUT2D eigenvalue weighted by Gasteiger charge is -2.15. The van der Waals surface area contributed by atoms with Crippen molar-refractivity contribution in [3.63, 3.8) is 0 Å². The fraction of sp³-hybridized carbons (Fsp3) is 0.417. The lowest BCUT2D eigenvalue weighted by Crippen LogP contribution is -2.15. The van der Waals surface area contributed by atoms with Gasteiger partial charge in [-0.15, -0.1) is 21.5 Å². The van der Waals surface area contributed by atoms with Gasteiger partial charge in [0.2, 0.25) is 5.91 Å². The third kappa shape index (κ3) is 5.65. The monoisotopic (exact) mass is 559 g/mol. The maximum absolute atomic E-state index is 12.7. The van der Waals surface area contributed by atoms with Crippen LogP contribution in [0.3, 0.4) is 0 Å². The van der Waals surface area contributed by atoms with Crippen molar-refractivity contribution in [2.75, 3.05) is 11.1 Å². The van der Waals surface area contributed by atoms with Gasteiger partial charge in [0.1, 0.15) is 16.8 Å². The Morgan fingerprint density at radius 1 is 1.29 bits per heavy atom. The zero-order chi connectivity index (χ0) is 24.1. The highest BCUT2D eigenvalue weighted by Gasteiger charge is 2.22.